The van der Waals surface area contributed by atoms with Crippen molar-refractivity contribution in [3.63, 3.8) is 0 Å². The van der Waals surface area contributed by atoms with Crippen LogP contribution >= 0.6 is 0 Å². The molecule has 0 radical (unpaired) electrons. The molecule has 2 aromatic rings. The first-order chi connectivity index (χ1) is 14.1. The maximum atomic E-state index is 11.9. The van der Waals surface area contributed by atoms with Crippen LogP contribution in [-0.2, 0) is 34.9 Å². The molecule has 0 aliphatic heterocycles. The number of sulfone groups is 1. The van der Waals surface area contributed by atoms with Crippen LogP contribution in [0.2, 0.25) is 0 Å². The molecule has 0 bridgehead atoms. The number of hydrogen-bond acceptors (Lipinski definition) is 7. The van der Waals surface area contributed by atoms with Gasteiger partial charge in [0.25, 0.3) is 20.2 Å². The zero-order valence-corrected chi connectivity index (χ0v) is 18.3. The molecule has 3 N–H and O–H groups in total. The summed E-state index contributed by atoms with van der Waals surface area (Å²) in [6, 6.07) is 6.49. The Bertz CT molecular complexity index is 1410. The van der Waals surface area contributed by atoms with E-state index < -0.39 is 50.7 Å². The molecule has 0 atom stereocenters. The first kappa shape index (κ1) is 28.2. The van der Waals surface area contributed by atoms with Crippen molar-refractivity contribution in [1.82, 2.24) is 0 Å². The molecule has 0 spiro atoms. The molecule has 32 heavy (non-hydrogen) atoms. The molecule has 2 aromatic carbocycles. The molecule has 168 valence electrons. The number of amides is 1. The van der Waals surface area contributed by atoms with Crippen LogP contribution in [0.4, 0.5) is 5.69 Å². The SMILES string of the molecule is C=CS(=O)(=O)c1ccc(C=Cc2ccc(NC(C)=O)cc2S(=O)(=O)O)c(S(=O)(=O)O)c1.[NaH]. The zero-order valence-electron chi connectivity index (χ0n) is 15.9. The summed E-state index contributed by atoms with van der Waals surface area (Å²) in [7, 11) is -13.6. The fraction of sp³-hybridized carbons (Fsp3) is 0.0556. The van der Waals surface area contributed by atoms with Crippen molar-refractivity contribution in [3.8, 4) is 0 Å². The second kappa shape index (κ2) is 10.4. The number of carbonyl (C=O) groups is 1. The van der Waals surface area contributed by atoms with Gasteiger partial charge >= 0.3 is 29.6 Å². The van der Waals surface area contributed by atoms with Gasteiger partial charge in [0.15, 0.2) is 9.84 Å². The Morgan fingerprint density at radius 2 is 1.34 bits per heavy atom. The monoisotopic (exact) mass is 511 g/mol. The molecular weight excluding hydrogens is 493 g/mol. The van der Waals surface area contributed by atoms with E-state index in [0.717, 1.165) is 36.4 Å². The van der Waals surface area contributed by atoms with Gasteiger partial charge in [-0.15, -0.1) is 0 Å². The molecule has 0 aromatic heterocycles. The second-order valence-electron chi connectivity index (χ2n) is 6.13. The van der Waals surface area contributed by atoms with Gasteiger partial charge in [0.2, 0.25) is 5.91 Å². The first-order valence-corrected chi connectivity index (χ1v) is 12.6. The molecule has 0 saturated heterocycles. The average Bonchev–Trinajstić information content (AvgIpc) is 2.64. The quantitative estimate of drug-likeness (QED) is 0.283. The van der Waals surface area contributed by atoms with E-state index in [1.807, 2.05) is 0 Å². The van der Waals surface area contributed by atoms with Crippen LogP contribution in [-0.4, -0.2) is 69.8 Å². The number of nitrogens with one attached hydrogen (secondary N) is 1. The van der Waals surface area contributed by atoms with E-state index in [4.69, 9.17) is 0 Å². The third-order valence-corrected chi connectivity index (χ3v) is 7.03. The predicted molar refractivity (Wildman–Crippen MR) is 120 cm³/mol. The van der Waals surface area contributed by atoms with Crippen molar-refractivity contribution in [1.29, 1.82) is 0 Å². The molecule has 10 nitrogen and oxygen atoms in total. The molecule has 0 saturated carbocycles. The second-order valence-corrected chi connectivity index (χ2v) is 10.8. The Kier molecular flexibility index (Phi) is 9.16. The fourth-order valence-electron chi connectivity index (χ4n) is 2.51. The molecule has 14 heteroatoms. The van der Waals surface area contributed by atoms with E-state index in [-0.39, 0.29) is 46.4 Å². The van der Waals surface area contributed by atoms with Crippen LogP contribution in [0.1, 0.15) is 18.1 Å². The van der Waals surface area contributed by atoms with Gasteiger partial charge in [-0.25, -0.2) is 8.42 Å². The summed E-state index contributed by atoms with van der Waals surface area (Å²) >= 11 is 0. The normalized spacial score (nSPS) is 12.2. The fourth-order valence-corrected chi connectivity index (χ4v) is 4.73. The minimum absolute atomic E-state index is 0. The van der Waals surface area contributed by atoms with Crippen molar-refractivity contribution in [2.45, 2.75) is 21.6 Å². The van der Waals surface area contributed by atoms with Gasteiger partial charge in [0.05, 0.1) is 4.90 Å². The molecule has 0 heterocycles. The number of hydrogen-bond donors (Lipinski definition) is 3. The Balaban J connectivity index is 0.00000512. The Labute approximate surface area is 207 Å². The molecule has 2 rings (SSSR count). The summed E-state index contributed by atoms with van der Waals surface area (Å²) < 4.78 is 89.6. The van der Waals surface area contributed by atoms with Crippen LogP contribution in [0, 0.1) is 0 Å². The van der Waals surface area contributed by atoms with E-state index in [0.29, 0.717) is 5.41 Å². The summed E-state index contributed by atoms with van der Waals surface area (Å²) in [5.41, 5.74) is -0.131. The molecular formula is C18H18NNaO9S3. The standard InChI is InChI=1S/C18H17NO9S3.Na.H/c1-3-29(21,22)16-9-7-14(18(11-16)31(26,27)28)5-4-13-6-8-15(19-12(2)20)10-17(13)30(23,24)25;;/h3-11H,1H2,2H3,(H,19,20)(H,23,24,25)(H,26,27,28);;. The summed E-state index contributed by atoms with van der Waals surface area (Å²) in [6.07, 6.45) is 2.24. The number of anilines is 1. The maximum absolute atomic E-state index is 11.9. The summed E-state index contributed by atoms with van der Waals surface area (Å²) in [5.74, 6) is -0.475. The van der Waals surface area contributed by atoms with Crippen LogP contribution in [0.3, 0.4) is 0 Å². The van der Waals surface area contributed by atoms with Crippen LogP contribution in [0.25, 0.3) is 12.2 Å². The van der Waals surface area contributed by atoms with Gasteiger partial charge in [0.1, 0.15) is 9.79 Å². The Morgan fingerprint density at radius 1 is 0.875 bits per heavy atom. The van der Waals surface area contributed by atoms with Crippen molar-refractivity contribution >= 4 is 83.4 Å². The van der Waals surface area contributed by atoms with Gasteiger partial charge in [-0.2, -0.15) is 16.8 Å². The van der Waals surface area contributed by atoms with E-state index in [1.165, 1.54) is 19.1 Å². The third-order valence-electron chi connectivity index (χ3n) is 3.87. The van der Waals surface area contributed by atoms with Crippen molar-refractivity contribution in [2.24, 2.45) is 0 Å². The minimum atomic E-state index is -4.85. The molecule has 1 amide bonds. The molecule has 0 aliphatic rings. The van der Waals surface area contributed by atoms with Gasteiger partial charge in [0, 0.05) is 18.0 Å². The topological polar surface area (TPSA) is 172 Å². The molecule has 0 unspecified atom stereocenters. The third kappa shape index (κ3) is 7.08. The van der Waals surface area contributed by atoms with E-state index in [2.05, 4.69) is 11.9 Å². The summed E-state index contributed by atoms with van der Waals surface area (Å²) in [4.78, 5) is 9.41. The van der Waals surface area contributed by atoms with Gasteiger partial charge in [-0.1, -0.05) is 30.9 Å². The van der Waals surface area contributed by atoms with Crippen LogP contribution < -0.4 is 5.32 Å². The predicted octanol–water partition coefficient (Wildman–Crippen LogP) is 1.58. The van der Waals surface area contributed by atoms with Crippen molar-refractivity contribution < 1.29 is 39.2 Å². The summed E-state index contributed by atoms with van der Waals surface area (Å²) in [5, 5.41) is 2.97. The van der Waals surface area contributed by atoms with Crippen LogP contribution in [0.15, 0.2) is 63.1 Å². The number of carbonyl (C=O) groups excluding carboxylic acids is 1. The van der Waals surface area contributed by atoms with Crippen molar-refractivity contribution in [3.05, 3.63) is 59.5 Å². The van der Waals surface area contributed by atoms with E-state index >= 15 is 0 Å². The van der Waals surface area contributed by atoms with Gasteiger partial charge in [-0.3, -0.25) is 13.9 Å². The zero-order chi connectivity index (χ0) is 23.6. The Hall–Kier alpha value is -1.84. The Morgan fingerprint density at radius 3 is 1.78 bits per heavy atom. The number of rotatable bonds is 7. The first-order valence-electron chi connectivity index (χ1n) is 8.21. The molecule has 0 aliphatic carbocycles. The van der Waals surface area contributed by atoms with Crippen LogP contribution in [0.5, 0.6) is 0 Å². The van der Waals surface area contributed by atoms with E-state index in [1.54, 1.807) is 0 Å². The van der Waals surface area contributed by atoms with Gasteiger partial charge < -0.3 is 5.32 Å². The average molecular weight is 512 g/mol. The van der Waals surface area contributed by atoms with E-state index in [9.17, 15) is 39.2 Å². The summed E-state index contributed by atoms with van der Waals surface area (Å²) in [6.45, 7) is 4.34. The van der Waals surface area contributed by atoms with Gasteiger partial charge in [-0.05, 0) is 35.4 Å². The molecule has 0 fully saturated rings. The number of benzene rings is 2. The van der Waals surface area contributed by atoms with Crippen molar-refractivity contribution in [2.75, 3.05) is 5.32 Å².